The average molecular weight is 716 g/mol. The van der Waals surface area contributed by atoms with Crippen LogP contribution in [0.4, 0.5) is 11.4 Å². The lowest BCUT2D eigenvalue weighted by Gasteiger charge is -2.32. The standard InChI is InChI=1S/C37H41N5O6S2/c1-5-40(6-2)28-14-17-31-34(20-28)48-35-21-29(41(7-3)8-4)15-18-32(35)37(31)33-19-16-30(22-36(33)50(45,46)47)49(43,44)39-24-26-23-38-42(25-26)27-12-10-9-11-13-27/h9-23,25,37,39H,5-8,24H2,1-4H3,(H,45,46,47). The molecule has 2 N–H and O–H groups in total. The van der Waals surface area contributed by atoms with Gasteiger partial charge in [0.2, 0.25) is 10.0 Å². The summed E-state index contributed by atoms with van der Waals surface area (Å²) < 4.78 is 74.4. The molecule has 1 aliphatic heterocycles. The number of fused-ring (bicyclic) bond motifs is 2. The Bertz CT molecular complexity index is 2150. The maximum Gasteiger partial charge on any atom is 0.294 e. The van der Waals surface area contributed by atoms with E-state index in [1.807, 2.05) is 66.7 Å². The zero-order valence-electron chi connectivity index (χ0n) is 28.4. The van der Waals surface area contributed by atoms with Gasteiger partial charge in [0.05, 0.1) is 21.7 Å². The molecule has 2 heterocycles. The Kier molecular flexibility index (Phi) is 10.0. The third kappa shape index (κ3) is 6.99. The van der Waals surface area contributed by atoms with E-state index in [1.54, 1.807) is 17.1 Å². The molecule has 5 aromatic rings. The molecular formula is C37H41N5O6S2. The van der Waals surface area contributed by atoms with Crippen molar-refractivity contribution >= 4 is 31.5 Å². The van der Waals surface area contributed by atoms with Gasteiger partial charge in [-0.15, -0.1) is 0 Å². The lowest BCUT2D eigenvalue weighted by molar-refractivity contribution is 0.450. The predicted molar refractivity (Wildman–Crippen MR) is 195 cm³/mol. The van der Waals surface area contributed by atoms with Crippen molar-refractivity contribution < 1.29 is 26.1 Å². The average Bonchev–Trinajstić information content (AvgIpc) is 3.60. The Balaban J connectivity index is 1.41. The number of aromatic nitrogens is 2. The molecule has 0 saturated heterocycles. The van der Waals surface area contributed by atoms with Gasteiger partial charge in [0, 0.05) is 85.0 Å². The van der Waals surface area contributed by atoms with Crippen molar-refractivity contribution in [3.63, 3.8) is 0 Å². The smallest absolute Gasteiger partial charge is 0.294 e. The van der Waals surface area contributed by atoms with E-state index in [0.29, 0.717) is 28.2 Å². The van der Waals surface area contributed by atoms with Crippen LogP contribution in [0.25, 0.3) is 5.69 Å². The van der Waals surface area contributed by atoms with E-state index in [4.69, 9.17) is 4.74 Å². The van der Waals surface area contributed by atoms with Gasteiger partial charge in [-0.25, -0.2) is 17.8 Å². The molecule has 0 aliphatic carbocycles. The van der Waals surface area contributed by atoms with Gasteiger partial charge in [-0.2, -0.15) is 13.5 Å². The van der Waals surface area contributed by atoms with E-state index in [-0.39, 0.29) is 17.0 Å². The van der Waals surface area contributed by atoms with Crippen LogP contribution in [0.3, 0.4) is 0 Å². The van der Waals surface area contributed by atoms with Crippen LogP contribution < -0.4 is 19.3 Å². The number of anilines is 2. The molecule has 4 aromatic carbocycles. The van der Waals surface area contributed by atoms with E-state index in [0.717, 1.165) is 49.3 Å². The Labute approximate surface area is 293 Å². The fourth-order valence-electron chi connectivity index (χ4n) is 6.47. The first kappa shape index (κ1) is 35.1. The molecule has 50 heavy (non-hydrogen) atoms. The first-order valence-corrected chi connectivity index (χ1v) is 19.5. The maximum atomic E-state index is 13.5. The zero-order valence-corrected chi connectivity index (χ0v) is 30.1. The Morgan fingerprint density at radius 1 is 0.760 bits per heavy atom. The van der Waals surface area contributed by atoms with Crippen LogP contribution in [-0.4, -0.2) is 57.3 Å². The third-order valence-corrected chi connectivity index (χ3v) is 11.4. The second-order valence-corrected chi connectivity index (χ2v) is 15.1. The minimum absolute atomic E-state index is 0.0808. The molecule has 0 spiro atoms. The monoisotopic (exact) mass is 715 g/mol. The Morgan fingerprint density at radius 2 is 1.32 bits per heavy atom. The number of hydrogen-bond donors (Lipinski definition) is 2. The van der Waals surface area contributed by atoms with Crippen molar-refractivity contribution in [2.45, 2.75) is 49.9 Å². The third-order valence-electron chi connectivity index (χ3n) is 9.10. The number of hydrogen-bond acceptors (Lipinski definition) is 8. The summed E-state index contributed by atoms with van der Waals surface area (Å²) >= 11 is 0. The number of para-hydroxylation sites is 1. The molecule has 0 saturated carbocycles. The van der Waals surface area contributed by atoms with Gasteiger partial charge in [-0.3, -0.25) is 4.55 Å². The second kappa shape index (κ2) is 14.3. The second-order valence-electron chi connectivity index (χ2n) is 12.0. The summed E-state index contributed by atoms with van der Waals surface area (Å²) in [7, 11) is -9.09. The summed E-state index contributed by atoms with van der Waals surface area (Å²) in [6.45, 7) is 11.3. The molecule has 0 atom stereocenters. The topological polar surface area (TPSA) is 134 Å². The first-order valence-electron chi connectivity index (χ1n) is 16.6. The lowest BCUT2D eigenvalue weighted by atomic mass is 9.82. The van der Waals surface area contributed by atoms with Crippen molar-refractivity contribution in [1.29, 1.82) is 0 Å². The van der Waals surface area contributed by atoms with Crippen molar-refractivity contribution in [2.75, 3.05) is 36.0 Å². The highest BCUT2D eigenvalue weighted by Gasteiger charge is 2.34. The fraction of sp³-hybridized carbons (Fsp3) is 0.270. The molecule has 13 heteroatoms. The Morgan fingerprint density at radius 3 is 1.86 bits per heavy atom. The zero-order chi connectivity index (χ0) is 35.6. The molecule has 0 amide bonds. The van der Waals surface area contributed by atoms with E-state index in [1.165, 1.54) is 12.1 Å². The van der Waals surface area contributed by atoms with Gasteiger partial charge in [0.1, 0.15) is 11.5 Å². The molecule has 262 valence electrons. The SMILES string of the molecule is CCN(CC)c1ccc2c(c1)Oc1cc(N(CC)CC)ccc1C2c1ccc(S(=O)(=O)NCc2cnn(-c3ccccc3)c2)cc1S(=O)(=O)O. The van der Waals surface area contributed by atoms with E-state index in [9.17, 15) is 21.4 Å². The highest BCUT2D eigenvalue weighted by molar-refractivity contribution is 7.89. The Hall–Kier alpha value is -4.69. The molecule has 1 aliphatic rings. The molecule has 11 nitrogen and oxygen atoms in total. The predicted octanol–water partition coefficient (Wildman–Crippen LogP) is 6.58. The van der Waals surface area contributed by atoms with E-state index in [2.05, 4.69) is 47.3 Å². The summed E-state index contributed by atoms with van der Waals surface area (Å²) in [6, 6.07) is 24.9. The maximum absolute atomic E-state index is 13.5. The summed E-state index contributed by atoms with van der Waals surface area (Å²) in [4.78, 5) is 3.57. The molecular weight excluding hydrogens is 675 g/mol. The van der Waals surface area contributed by atoms with Gasteiger partial charge in [0.25, 0.3) is 10.1 Å². The van der Waals surface area contributed by atoms with Crippen LogP contribution in [0.15, 0.2) is 107 Å². The highest BCUT2D eigenvalue weighted by Crippen LogP contribution is 2.50. The largest absolute Gasteiger partial charge is 0.457 e. The summed E-state index contributed by atoms with van der Waals surface area (Å²) in [5.74, 6) is 0.425. The van der Waals surface area contributed by atoms with Crippen LogP contribution in [0.2, 0.25) is 0 Å². The van der Waals surface area contributed by atoms with Crippen molar-refractivity contribution in [1.82, 2.24) is 14.5 Å². The molecule has 6 rings (SSSR count). The van der Waals surface area contributed by atoms with Crippen molar-refractivity contribution in [3.05, 3.63) is 120 Å². The first-order chi connectivity index (χ1) is 24.0. The number of nitrogens with one attached hydrogen (secondary N) is 1. The minimum atomic E-state index is -4.89. The van der Waals surface area contributed by atoms with Gasteiger partial charge < -0.3 is 14.5 Å². The van der Waals surface area contributed by atoms with Gasteiger partial charge in [-0.1, -0.05) is 36.4 Å². The summed E-state index contributed by atoms with van der Waals surface area (Å²) in [5.41, 5.74) is 4.94. The van der Waals surface area contributed by atoms with Gasteiger partial charge in [-0.05, 0) is 69.7 Å². The van der Waals surface area contributed by atoms with Crippen LogP contribution in [0.1, 0.15) is 55.9 Å². The van der Waals surface area contributed by atoms with E-state index < -0.39 is 31.0 Å². The summed E-state index contributed by atoms with van der Waals surface area (Å²) in [6.07, 6.45) is 3.27. The molecule has 0 radical (unpaired) electrons. The van der Waals surface area contributed by atoms with Crippen LogP contribution in [0.5, 0.6) is 11.5 Å². The molecule has 1 aromatic heterocycles. The van der Waals surface area contributed by atoms with E-state index >= 15 is 0 Å². The number of benzene rings is 4. The number of sulfonamides is 1. The van der Waals surface area contributed by atoms with Gasteiger partial charge >= 0.3 is 0 Å². The minimum Gasteiger partial charge on any atom is -0.457 e. The highest BCUT2D eigenvalue weighted by atomic mass is 32.2. The van der Waals surface area contributed by atoms with Crippen LogP contribution in [0, 0.1) is 0 Å². The van der Waals surface area contributed by atoms with Crippen LogP contribution in [-0.2, 0) is 26.7 Å². The molecule has 0 unspecified atom stereocenters. The number of nitrogens with zero attached hydrogens (tertiary/aromatic N) is 4. The molecule has 0 fully saturated rings. The lowest BCUT2D eigenvalue weighted by Crippen LogP contribution is -2.24. The van der Waals surface area contributed by atoms with Gasteiger partial charge in [0.15, 0.2) is 0 Å². The number of rotatable bonds is 13. The quantitative estimate of drug-likeness (QED) is 0.127. The van der Waals surface area contributed by atoms with Crippen molar-refractivity contribution in [2.24, 2.45) is 0 Å². The van der Waals surface area contributed by atoms with Crippen LogP contribution >= 0.6 is 0 Å². The molecule has 0 bridgehead atoms. The fourth-order valence-corrected chi connectivity index (χ4v) is 8.35. The van der Waals surface area contributed by atoms with Crippen molar-refractivity contribution in [3.8, 4) is 17.2 Å². The normalized spacial score (nSPS) is 13.0. The summed E-state index contributed by atoms with van der Waals surface area (Å²) in [5, 5.41) is 4.31. The number of ether oxygens (including phenoxy) is 1.